The van der Waals surface area contributed by atoms with Gasteiger partial charge in [0.15, 0.2) is 0 Å². The molecule has 1 heterocycles. The van der Waals surface area contributed by atoms with Crippen molar-refractivity contribution >= 4 is 28.9 Å². The summed E-state index contributed by atoms with van der Waals surface area (Å²) in [7, 11) is 0. The number of anilines is 1. The Morgan fingerprint density at radius 1 is 1.42 bits per heavy atom. The van der Waals surface area contributed by atoms with Crippen molar-refractivity contribution in [1.29, 1.82) is 0 Å². The molecule has 1 aromatic rings. The van der Waals surface area contributed by atoms with E-state index < -0.39 is 0 Å². The first kappa shape index (κ1) is 15.0. The second-order valence-electron chi connectivity index (χ2n) is 5.34. The van der Waals surface area contributed by atoms with E-state index in [1.54, 1.807) is 0 Å². The summed E-state index contributed by atoms with van der Waals surface area (Å²) in [5.41, 5.74) is 1.10. The van der Waals surface area contributed by atoms with Crippen molar-refractivity contribution in [2.45, 2.75) is 32.7 Å². The average Bonchev–Trinajstić information content (AvgIpc) is 2.63. The Morgan fingerprint density at radius 2 is 2.21 bits per heavy atom. The van der Waals surface area contributed by atoms with Gasteiger partial charge in [-0.3, -0.25) is 0 Å². The second-order valence-corrected chi connectivity index (χ2v) is 6.19. The fraction of sp³-hybridized carbons (Fsp3) is 0.600. The molecule has 0 aromatic heterocycles. The Balaban J connectivity index is 2.17. The lowest BCUT2D eigenvalue weighted by Gasteiger charge is -2.30. The lowest BCUT2D eigenvalue weighted by molar-refractivity contribution is 0.384. The van der Waals surface area contributed by atoms with Crippen molar-refractivity contribution in [3.63, 3.8) is 0 Å². The Labute approximate surface area is 126 Å². The van der Waals surface area contributed by atoms with Gasteiger partial charge in [-0.05, 0) is 37.1 Å². The zero-order valence-electron chi connectivity index (χ0n) is 11.6. The van der Waals surface area contributed by atoms with E-state index in [1.807, 2.05) is 18.2 Å². The van der Waals surface area contributed by atoms with Crippen molar-refractivity contribution in [3.8, 4) is 0 Å². The van der Waals surface area contributed by atoms with Gasteiger partial charge in [-0.15, -0.1) is 0 Å². The van der Waals surface area contributed by atoms with E-state index in [-0.39, 0.29) is 0 Å². The monoisotopic (exact) mass is 300 g/mol. The van der Waals surface area contributed by atoms with Gasteiger partial charge in [-0.2, -0.15) is 0 Å². The predicted molar refractivity (Wildman–Crippen MR) is 84.5 cm³/mol. The van der Waals surface area contributed by atoms with Crippen LogP contribution >= 0.6 is 23.2 Å². The minimum atomic E-state index is 0.527. The summed E-state index contributed by atoms with van der Waals surface area (Å²) in [5, 5.41) is 5.09. The molecule has 1 aliphatic heterocycles. The van der Waals surface area contributed by atoms with Gasteiger partial charge in [-0.1, -0.05) is 43.5 Å². The van der Waals surface area contributed by atoms with Crippen LogP contribution in [0.15, 0.2) is 18.2 Å². The van der Waals surface area contributed by atoms with E-state index in [0.29, 0.717) is 17.0 Å². The molecule has 1 saturated heterocycles. The SMILES string of the molecule is CCC(C)C1CN(c2ccc(Cl)cc2Cl)CCCN1. The van der Waals surface area contributed by atoms with Gasteiger partial charge in [0.2, 0.25) is 0 Å². The fourth-order valence-electron chi connectivity index (χ4n) is 2.57. The zero-order chi connectivity index (χ0) is 13.8. The van der Waals surface area contributed by atoms with Crippen molar-refractivity contribution in [1.82, 2.24) is 5.32 Å². The number of benzene rings is 1. The molecule has 19 heavy (non-hydrogen) atoms. The van der Waals surface area contributed by atoms with Gasteiger partial charge in [-0.25, -0.2) is 0 Å². The maximum atomic E-state index is 6.33. The topological polar surface area (TPSA) is 15.3 Å². The van der Waals surface area contributed by atoms with Crippen molar-refractivity contribution < 1.29 is 0 Å². The Morgan fingerprint density at radius 3 is 2.89 bits per heavy atom. The predicted octanol–water partition coefficient (Wildman–Crippen LogP) is 4.21. The quantitative estimate of drug-likeness (QED) is 0.899. The highest BCUT2D eigenvalue weighted by Crippen LogP contribution is 2.30. The Bertz CT molecular complexity index is 423. The number of rotatable bonds is 3. The van der Waals surface area contributed by atoms with Gasteiger partial charge < -0.3 is 10.2 Å². The average molecular weight is 301 g/mol. The Kier molecular flexibility index (Phi) is 5.37. The molecule has 2 unspecified atom stereocenters. The lowest BCUT2D eigenvalue weighted by Crippen LogP contribution is -2.42. The Hall–Kier alpha value is -0.440. The van der Waals surface area contributed by atoms with Gasteiger partial charge in [0.25, 0.3) is 0 Å². The third-order valence-corrected chi connectivity index (χ3v) is 4.55. The molecule has 0 spiro atoms. The molecule has 1 fully saturated rings. The highest BCUT2D eigenvalue weighted by Gasteiger charge is 2.22. The largest absolute Gasteiger partial charge is 0.369 e. The highest BCUT2D eigenvalue weighted by molar-refractivity contribution is 6.36. The summed E-state index contributed by atoms with van der Waals surface area (Å²) in [4.78, 5) is 2.38. The molecular weight excluding hydrogens is 279 g/mol. The highest BCUT2D eigenvalue weighted by atomic mass is 35.5. The normalized spacial score (nSPS) is 22.1. The molecule has 1 aliphatic rings. The fourth-order valence-corrected chi connectivity index (χ4v) is 3.10. The number of hydrogen-bond donors (Lipinski definition) is 1. The molecule has 0 amide bonds. The van der Waals surface area contributed by atoms with E-state index >= 15 is 0 Å². The molecule has 4 heteroatoms. The van der Waals surface area contributed by atoms with Crippen LogP contribution in [0.5, 0.6) is 0 Å². The maximum absolute atomic E-state index is 6.33. The molecule has 0 bridgehead atoms. The van der Waals surface area contributed by atoms with Crippen LogP contribution in [0.4, 0.5) is 5.69 Å². The van der Waals surface area contributed by atoms with E-state index in [2.05, 4.69) is 24.1 Å². The van der Waals surface area contributed by atoms with Crippen LogP contribution < -0.4 is 10.2 Å². The molecule has 0 aliphatic carbocycles. The second kappa shape index (κ2) is 6.83. The summed E-state index contributed by atoms with van der Waals surface area (Å²) >= 11 is 12.3. The van der Waals surface area contributed by atoms with E-state index in [4.69, 9.17) is 23.2 Å². The molecule has 0 radical (unpaired) electrons. The first-order chi connectivity index (χ1) is 9.11. The summed E-state index contributed by atoms with van der Waals surface area (Å²) in [5.74, 6) is 0.673. The lowest BCUT2D eigenvalue weighted by atomic mass is 9.99. The molecule has 106 valence electrons. The van der Waals surface area contributed by atoms with Gasteiger partial charge >= 0.3 is 0 Å². The molecule has 2 nitrogen and oxygen atoms in total. The first-order valence-corrected chi connectivity index (χ1v) is 7.80. The summed E-state index contributed by atoms with van der Waals surface area (Å²) in [6.07, 6.45) is 2.34. The minimum absolute atomic E-state index is 0.527. The zero-order valence-corrected chi connectivity index (χ0v) is 13.1. The van der Waals surface area contributed by atoms with Crippen molar-refractivity contribution in [2.75, 3.05) is 24.5 Å². The summed E-state index contributed by atoms with van der Waals surface area (Å²) in [6.45, 7) is 7.69. The molecular formula is C15H22Cl2N2. The van der Waals surface area contributed by atoms with Crippen LogP contribution in [0.3, 0.4) is 0 Å². The molecule has 1 N–H and O–H groups in total. The molecule has 0 saturated carbocycles. The maximum Gasteiger partial charge on any atom is 0.0654 e. The minimum Gasteiger partial charge on any atom is -0.369 e. The number of hydrogen-bond acceptors (Lipinski definition) is 2. The van der Waals surface area contributed by atoms with Gasteiger partial charge in [0.05, 0.1) is 10.7 Å². The van der Waals surface area contributed by atoms with Crippen molar-refractivity contribution in [2.24, 2.45) is 5.92 Å². The molecule has 1 aromatic carbocycles. The molecule has 2 rings (SSSR count). The van der Waals surface area contributed by atoms with Crippen molar-refractivity contribution in [3.05, 3.63) is 28.2 Å². The van der Waals surface area contributed by atoms with Gasteiger partial charge in [0, 0.05) is 24.2 Å². The van der Waals surface area contributed by atoms with E-state index in [1.165, 1.54) is 6.42 Å². The standard InChI is InChI=1S/C15H22Cl2N2/c1-3-11(2)14-10-19(8-4-7-18-14)15-6-5-12(16)9-13(15)17/h5-6,9,11,14,18H,3-4,7-8,10H2,1-2H3. The smallest absolute Gasteiger partial charge is 0.0654 e. The van der Waals surface area contributed by atoms with Crippen LogP contribution in [0.2, 0.25) is 10.0 Å². The summed E-state index contributed by atoms with van der Waals surface area (Å²) < 4.78 is 0. The molecule has 2 atom stereocenters. The summed E-state index contributed by atoms with van der Waals surface area (Å²) in [6, 6.07) is 6.30. The third kappa shape index (κ3) is 3.77. The van der Waals surface area contributed by atoms with Crippen LogP contribution in [0, 0.1) is 5.92 Å². The van der Waals surface area contributed by atoms with E-state index in [9.17, 15) is 0 Å². The van der Waals surface area contributed by atoms with Crippen LogP contribution in [-0.2, 0) is 0 Å². The first-order valence-electron chi connectivity index (χ1n) is 7.05. The van der Waals surface area contributed by atoms with E-state index in [0.717, 1.165) is 36.8 Å². The third-order valence-electron chi connectivity index (χ3n) is 4.01. The van der Waals surface area contributed by atoms with Crippen LogP contribution in [0.1, 0.15) is 26.7 Å². The number of halogens is 2. The number of nitrogens with zero attached hydrogens (tertiary/aromatic N) is 1. The number of nitrogens with one attached hydrogen (secondary N) is 1. The van der Waals surface area contributed by atoms with Crippen LogP contribution in [0.25, 0.3) is 0 Å². The van der Waals surface area contributed by atoms with Gasteiger partial charge in [0.1, 0.15) is 0 Å². The van der Waals surface area contributed by atoms with Crippen LogP contribution in [-0.4, -0.2) is 25.7 Å².